The molecule has 9 heavy (non-hydrogen) atoms. The molecule has 0 aromatic heterocycles. The van der Waals surface area contributed by atoms with Crippen LogP contribution in [-0.4, -0.2) is 17.0 Å². The molecular weight excluding hydrogens is 124 g/mol. The van der Waals surface area contributed by atoms with E-state index in [1.54, 1.807) is 0 Å². The van der Waals surface area contributed by atoms with E-state index in [1.807, 2.05) is 0 Å². The van der Waals surface area contributed by atoms with Crippen molar-refractivity contribution in [3.63, 3.8) is 0 Å². The molecule has 0 bridgehead atoms. The summed E-state index contributed by atoms with van der Waals surface area (Å²) in [6.45, 7) is 0. The first-order valence-electron chi connectivity index (χ1n) is 2.04. The molecule has 1 radical (unpaired) electrons. The number of hydrogen-bond acceptors (Lipinski definition) is 3. The summed E-state index contributed by atoms with van der Waals surface area (Å²) in [6.07, 6.45) is 1.45. The highest BCUT2D eigenvalue weighted by atomic mass is 16.5. The van der Waals surface area contributed by atoms with Crippen molar-refractivity contribution < 1.29 is 19.4 Å². The van der Waals surface area contributed by atoms with Crippen LogP contribution in [0.3, 0.4) is 0 Å². The van der Waals surface area contributed by atoms with Crippen molar-refractivity contribution in [1.29, 1.82) is 0 Å². The molecule has 0 aliphatic rings. The van der Waals surface area contributed by atoms with Crippen LogP contribution in [0.4, 0.5) is 0 Å². The fraction of sp³-hybridized carbons (Fsp3) is 0. The van der Waals surface area contributed by atoms with Gasteiger partial charge in [-0.1, -0.05) is 0 Å². The van der Waals surface area contributed by atoms with Gasteiger partial charge in [0.2, 0.25) is 0 Å². The zero-order chi connectivity index (χ0) is 7.28. The summed E-state index contributed by atoms with van der Waals surface area (Å²) in [5.74, 6) is -1.97. The Kier molecular flexibility index (Phi) is 3.12. The van der Waals surface area contributed by atoms with Crippen molar-refractivity contribution in [2.45, 2.75) is 0 Å². The lowest BCUT2D eigenvalue weighted by Gasteiger charge is -1.85. The Morgan fingerprint density at radius 3 is 2.33 bits per heavy atom. The first kappa shape index (κ1) is 7.68. The van der Waals surface area contributed by atoms with Crippen LogP contribution in [-0.2, 0) is 14.3 Å². The van der Waals surface area contributed by atoms with Gasteiger partial charge in [-0.25, -0.2) is 9.59 Å². The standard InChI is InChI=1S/C5H5O4/c1-9-5(8)3-2-4(6)7/h2-3H,1H2,(H,6,7). The van der Waals surface area contributed by atoms with E-state index in [0.717, 1.165) is 6.08 Å². The van der Waals surface area contributed by atoms with Gasteiger partial charge in [-0.3, -0.25) is 0 Å². The van der Waals surface area contributed by atoms with Crippen molar-refractivity contribution in [2.75, 3.05) is 0 Å². The molecule has 0 atom stereocenters. The SMILES string of the molecule is [CH2]OC(=O)C=CC(=O)O. The van der Waals surface area contributed by atoms with E-state index in [9.17, 15) is 9.59 Å². The van der Waals surface area contributed by atoms with E-state index in [4.69, 9.17) is 5.11 Å². The smallest absolute Gasteiger partial charge is 0.331 e. The van der Waals surface area contributed by atoms with Gasteiger partial charge in [0.25, 0.3) is 0 Å². The number of carboxylic acids is 1. The summed E-state index contributed by atoms with van der Waals surface area (Å²) < 4.78 is 3.86. The van der Waals surface area contributed by atoms with Crippen molar-refractivity contribution in [3.05, 3.63) is 19.3 Å². The molecule has 0 aliphatic heterocycles. The van der Waals surface area contributed by atoms with E-state index < -0.39 is 11.9 Å². The third-order valence-corrected chi connectivity index (χ3v) is 0.504. The Morgan fingerprint density at radius 1 is 1.44 bits per heavy atom. The number of carboxylic acid groups (broad SMARTS) is 1. The summed E-state index contributed by atoms with van der Waals surface area (Å²) in [4.78, 5) is 19.8. The minimum atomic E-state index is -1.19. The first-order valence-corrected chi connectivity index (χ1v) is 2.04. The highest BCUT2D eigenvalue weighted by molar-refractivity contribution is 5.90. The van der Waals surface area contributed by atoms with Crippen LogP contribution in [0.2, 0.25) is 0 Å². The molecule has 0 rings (SSSR count). The van der Waals surface area contributed by atoms with E-state index in [2.05, 4.69) is 11.8 Å². The summed E-state index contributed by atoms with van der Waals surface area (Å²) in [6, 6.07) is 0. The predicted octanol–water partition coefficient (Wildman–Crippen LogP) is -0.0380. The normalized spacial score (nSPS) is 9.44. The van der Waals surface area contributed by atoms with Crippen LogP contribution in [0.15, 0.2) is 12.2 Å². The lowest BCUT2D eigenvalue weighted by molar-refractivity contribution is -0.134. The molecule has 4 nitrogen and oxygen atoms in total. The van der Waals surface area contributed by atoms with Gasteiger partial charge in [0, 0.05) is 12.2 Å². The fourth-order valence-corrected chi connectivity index (χ4v) is 0.187. The maximum absolute atomic E-state index is 10.1. The predicted molar refractivity (Wildman–Crippen MR) is 28.2 cm³/mol. The Balaban J connectivity index is 3.71. The van der Waals surface area contributed by atoms with E-state index >= 15 is 0 Å². The van der Waals surface area contributed by atoms with Gasteiger partial charge in [-0.05, 0) is 0 Å². The van der Waals surface area contributed by atoms with Gasteiger partial charge in [-0.15, -0.1) is 0 Å². The van der Waals surface area contributed by atoms with Gasteiger partial charge in [-0.2, -0.15) is 0 Å². The topological polar surface area (TPSA) is 63.6 Å². The second-order valence-corrected chi connectivity index (χ2v) is 1.13. The molecule has 0 amide bonds. The molecule has 0 heterocycles. The highest BCUT2D eigenvalue weighted by Crippen LogP contribution is 1.77. The molecule has 0 spiro atoms. The quantitative estimate of drug-likeness (QED) is 0.419. The lowest BCUT2D eigenvalue weighted by atomic mass is 10.5. The first-order chi connectivity index (χ1) is 4.16. The summed E-state index contributed by atoms with van der Waals surface area (Å²) in [7, 11) is 2.77. The number of hydrogen-bond donors (Lipinski definition) is 1. The second-order valence-electron chi connectivity index (χ2n) is 1.13. The Morgan fingerprint density at radius 2 is 2.00 bits per heavy atom. The second kappa shape index (κ2) is 3.65. The molecule has 0 saturated heterocycles. The van der Waals surface area contributed by atoms with Gasteiger partial charge in [0.1, 0.15) is 7.11 Å². The maximum atomic E-state index is 10.1. The average Bonchev–Trinajstić information content (AvgIpc) is 1.83. The van der Waals surface area contributed by atoms with Crippen LogP contribution in [0.25, 0.3) is 0 Å². The van der Waals surface area contributed by atoms with Crippen molar-refractivity contribution >= 4 is 11.9 Å². The summed E-state index contributed by atoms with van der Waals surface area (Å²) in [5.41, 5.74) is 0. The van der Waals surface area contributed by atoms with Crippen molar-refractivity contribution in [1.82, 2.24) is 0 Å². The van der Waals surface area contributed by atoms with Crippen LogP contribution >= 0.6 is 0 Å². The molecule has 0 fully saturated rings. The minimum Gasteiger partial charge on any atom is -0.478 e. The molecule has 0 unspecified atom stereocenters. The number of rotatable bonds is 2. The Labute approximate surface area is 51.7 Å². The van der Waals surface area contributed by atoms with E-state index in [-0.39, 0.29) is 0 Å². The maximum Gasteiger partial charge on any atom is 0.331 e. The van der Waals surface area contributed by atoms with E-state index in [1.165, 1.54) is 0 Å². The summed E-state index contributed by atoms with van der Waals surface area (Å²) >= 11 is 0. The molecular formula is C5H5O4. The van der Waals surface area contributed by atoms with Crippen LogP contribution in [0.1, 0.15) is 0 Å². The molecule has 4 heteroatoms. The molecule has 0 aromatic carbocycles. The van der Waals surface area contributed by atoms with Gasteiger partial charge < -0.3 is 9.84 Å². The number of ether oxygens (including phenoxy) is 1. The number of carbonyl (C=O) groups is 2. The number of aliphatic carboxylic acids is 1. The molecule has 49 valence electrons. The highest BCUT2D eigenvalue weighted by Gasteiger charge is 1.91. The van der Waals surface area contributed by atoms with Crippen molar-refractivity contribution in [2.24, 2.45) is 0 Å². The number of carbonyl (C=O) groups excluding carboxylic acids is 1. The molecule has 1 N–H and O–H groups in total. The molecule has 0 aromatic rings. The zero-order valence-electron chi connectivity index (χ0n) is 4.53. The minimum absolute atomic E-state index is 0.674. The van der Waals surface area contributed by atoms with Crippen LogP contribution < -0.4 is 0 Å². The van der Waals surface area contributed by atoms with Gasteiger partial charge in [0.15, 0.2) is 0 Å². The van der Waals surface area contributed by atoms with Crippen LogP contribution in [0.5, 0.6) is 0 Å². The number of esters is 1. The molecule has 0 saturated carbocycles. The van der Waals surface area contributed by atoms with Crippen molar-refractivity contribution in [3.8, 4) is 0 Å². The Hall–Kier alpha value is -1.32. The fourth-order valence-electron chi connectivity index (χ4n) is 0.187. The third kappa shape index (κ3) is 4.53. The van der Waals surface area contributed by atoms with E-state index in [0.29, 0.717) is 6.08 Å². The average molecular weight is 129 g/mol. The lowest BCUT2D eigenvalue weighted by Crippen LogP contribution is -1.95. The monoisotopic (exact) mass is 129 g/mol. The van der Waals surface area contributed by atoms with Gasteiger partial charge in [0.05, 0.1) is 0 Å². The molecule has 0 aliphatic carbocycles. The Bertz CT molecular complexity index is 147. The zero-order valence-corrected chi connectivity index (χ0v) is 4.53. The third-order valence-electron chi connectivity index (χ3n) is 0.504. The van der Waals surface area contributed by atoms with Crippen LogP contribution in [0, 0.1) is 7.11 Å². The van der Waals surface area contributed by atoms with Gasteiger partial charge >= 0.3 is 11.9 Å². The largest absolute Gasteiger partial charge is 0.478 e. The summed E-state index contributed by atoms with van der Waals surface area (Å²) in [5, 5.41) is 7.94.